The molecule has 11 heteroatoms. The van der Waals surface area contributed by atoms with Gasteiger partial charge in [0.15, 0.2) is 0 Å². The number of aliphatic imine (C=N–C) groups is 1. The molecule has 0 amide bonds. The number of aryl methyl sites for hydroxylation is 1. The van der Waals surface area contributed by atoms with Gasteiger partial charge in [-0.15, -0.1) is 0 Å². The van der Waals surface area contributed by atoms with Gasteiger partial charge in [0.25, 0.3) is 5.56 Å². The normalized spacial score (nSPS) is 14.6. The summed E-state index contributed by atoms with van der Waals surface area (Å²) < 4.78 is 6.81. The Kier molecular flexibility index (Phi) is 5.61. The van der Waals surface area contributed by atoms with Crippen molar-refractivity contribution in [3.63, 3.8) is 0 Å². The third-order valence-corrected chi connectivity index (χ3v) is 6.12. The van der Waals surface area contributed by atoms with Crippen LogP contribution < -0.4 is 16.1 Å². The summed E-state index contributed by atoms with van der Waals surface area (Å²) in [5, 5.41) is 3.89. The number of rotatable bonds is 4. The summed E-state index contributed by atoms with van der Waals surface area (Å²) in [6.45, 7) is 4.39. The van der Waals surface area contributed by atoms with Crippen LogP contribution in [0, 0.1) is 6.92 Å². The van der Waals surface area contributed by atoms with Crippen LogP contribution in [-0.2, 0) is 4.74 Å². The van der Waals surface area contributed by atoms with Gasteiger partial charge in [-0.05, 0) is 37.3 Å². The molecular formula is C22H20Cl2N6O3. The predicted octanol–water partition coefficient (Wildman–Crippen LogP) is 3.54. The van der Waals surface area contributed by atoms with Gasteiger partial charge >= 0.3 is 5.69 Å². The molecule has 0 bridgehead atoms. The van der Waals surface area contributed by atoms with Gasteiger partial charge in [-0.25, -0.2) is 9.48 Å². The highest BCUT2D eigenvalue weighted by Gasteiger charge is 2.18. The van der Waals surface area contributed by atoms with Crippen LogP contribution in [-0.4, -0.2) is 52.3 Å². The van der Waals surface area contributed by atoms with E-state index < -0.39 is 0 Å². The van der Waals surface area contributed by atoms with E-state index in [9.17, 15) is 9.59 Å². The molecule has 0 spiro atoms. The van der Waals surface area contributed by atoms with Crippen LogP contribution in [0.2, 0.25) is 10.0 Å². The van der Waals surface area contributed by atoms with Crippen LogP contribution in [0.5, 0.6) is 0 Å². The summed E-state index contributed by atoms with van der Waals surface area (Å²) in [5.41, 5.74) is 3.69. The maximum atomic E-state index is 13.1. The highest BCUT2D eigenvalue weighted by atomic mass is 35.5. The lowest BCUT2D eigenvalue weighted by atomic mass is 10.2. The van der Waals surface area contributed by atoms with Crippen molar-refractivity contribution >= 4 is 51.8 Å². The van der Waals surface area contributed by atoms with Gasteiger partial charge in [-0.2, -0.15) is 0 Å². The molecule has 5 rings (SSSR count). The molecule has 170 valence electrons. The summed E-state index contributed by atoms with van der Waals surface area (Å²) in [6.07, 6.45) is 1.53. The van der Waals surface area contributed by atoms with Crippen molar-refractivity contribution < 1.29 is 4.74 Å². The molecule has 2 aromatic heterocycles. The molecule has 1 aliphatic heterocycles. The molecule has 33 heavy (non-hydrogen) atoms. The van der Waals surface area contributed by atoms with E-state index in [1.54, 1.807) is 31.2 Å². The van der Waals surface area contributed by atoms with E-state index in [0.717, 1.165) is 5.69 Å². The van der Waals surface area contributed by atoms with Crippen LogP contribution in [0.3, 0.4) is 0 Å². The number of nitrogens with one attached hydrogen (secondary N) is 3. The highest BCUT2D eigenvalue weighted by molar-refractivity contribution is 6.34. The average Bonchev–Trinajstić information content (AvgIpc) is 3.31. The number of anilines is 1. The second kappa shape index (κ2) is 8.58. The maximum absolute atomic E-state index is 13.1. The van der Waals surface area contributed by atoms with Crippen LogP contribution in [0.15, 0.2) is 44.9 Å². The van der Waals surface area contributed by atoms with Crippen molar-refractivity contribution in [1.29, 1.82) is 0 Å². The number of aromatic nitrogens is 4. The minimum atomic E-state index is -0.301. The van der Waals surface area contributed by atoms with E-state index in [-0.39, 0.29) is 11.2 Å². The Morgan fingerprint density at radius 3 is 2.52 bits per heavy atom. The van der Waals surface area contributed by atoms with Crippen LogP contribution in [0.1, 0.15) is 11.3 Å². The number of halogens is 2. The Morgan fingerprint density at radius 2 is 1.76 bits per heavy atom. The number of imidazole rings is 1. The highest BCUT2D eigenvalue weighted by Crippen LogP contribution is 2.33. The minimum absolute atomic E-state index is 0.290. The first-order chi connectivity index (χ1) is 15.9. The zero-order valence-electron chi connectivity index (χ0n) is 17.6. The first-order valence-electron chi connectivity index (χ1n) is 10.3. The molecule has 4 aromatic rings. The van der Waals surface area contributed by atoms with Gasteiger partial charge in [0.05, 0.1) is 51.9 Å². The molecule has 3 heterocycles. The van der Waals surface area contributed by atoms with E-state index in [1.807, 2.05) is 6.07 Å². The average molecular weight is 487 g/mol. The molecule has 0 saturated carbocycles. The SMILES string of the molecule is Cc1[nH]n(-c2cc(Cl)ccc2Cl)c(=O)c1C=Nc1cc2[nH]c(=O)[nH]c2cc1N1CCOCC1. The van der Waals surface area contributed by atoms with Crippen molar-refractivity contribution in [2.24, 2.45) is 4.99 Å². The topological polar surface area (TPSA) is 111 Å². The number of hydrogen-bond acceptors (Lipinski definition) is 5. The van der Waals surface area contributed by atoms with E-state index in [1.165, 1.54) is 10.9 Å². The Labute approximate surface area is 197 Å². The number of H-pyrrole nitrogens is 3. The zero-order chi connectivity index (χ0) is 23.1. The number of fused-ring (bicyclic) bond motifs is 1. The lowest BCUT2D eigenvalue weighted by Crippen LogP contribution is -2.36. The van der Waals surface area contributed by atoms with Crippen molar-refractivity contribution in [2.45, 2.75) is 6.92 Å². The second-order valence-corrected chi connectivity index (χ2v) is 8.55. The molecule has 0 radical (unpaired) electrons. The van der Waals surface area contributed by atoms with E-state index >= 15 is 0 Å². The summed E-state index contributed by atoms with van der Waals surface area (Å²) in [4.78, 5) is 37.3. The first kappa shape index (κ1) is 21.6. The minimum Gasteiger partial charge on any atom is -0.378 e. The molecule has 1 fully saturated rings. The number of aromatic amines is 3. The summed E-state index contributed by atoms with van der Waals surface area (Å²) in [7, 11) is 0. The number of hydrogen-bond donors (Lipinski definition) is 3. The van der Waals surface area contributed by atoms with Gasteiger partial charge in [-0.3, -0.25) is 14.9 Å². The van der Waals surface area contributed by atoms with E-state index in [2.05, 4.69) is 25.0 Å². The molecule has 2 aromatic carbocycles. The molecule has 1 saturated heterocycles. The fourth-order valence-corrected chi connectivity index (χ4v) is 4.26. The van der Waals surface area contributed by atoms with Gasteiger partial charge in [-0.1, -0.05) is 23.2 Å². The Bertz CT molecular complexity index is 1490. The summed E-state index contributed by atoms with van der Waals surface area (Å²) in [5.74, 6) is 0. The molecule has 9 nitrogen and oxygen atoms in total. The van der Waals surface area contributed by atoms with Crippen LogP contribution in [0.25, 0.3) is 16.7 Å². The molecule has 0 aliphatic carbocycles. The van der Waals surface area contributed by atoms with Gasteiger partial charge in [0, 0.05) is 30.0 Å². The second-order valence-electron chi connectivity index (χ2n) is 7.71. The number of benzene rings is 2. The third kappa shape index (κ3) is 4.10. The van der Waals surface area contributed by atoms with Crippen molar-refractivity contribution in [3.8, 4) is 5.69 Å². The van der Waals surface area contributed by atoms with E-state index in [0.29, 0.717) is 70.0 Å². The largest absolute Gasteiger partial charge is 0.378 e. The van der Waals surface area contributed by atoms with Crippen LogP contribution >= 0.6 is 23.2 Å². The quantitative estimate of drug-likeness (QED) is 0.383. The molecule has 3 N–H and O–H groups in total. The summed E-state index contributed by atoms with van der Waals surface area (Å²) >= 11 is 12.4. The lowest BCUT2D eigenvalue weighted by molar-refractivity contribution is 0.123. The third-order valence-electron chi connectivity index (χ3n) is 5.56. The van der Waals surface area contributed by atoms with E-state index in [4.69, 9.17) is 27.9 Å². The Morgan fingerprint density at radius 1 is 1.03 bits per heavy atom. The molecule has 0 atom stereocenters. The predicted molar refractivity (Wildman–Crippen MR) is 130 cm³/mol. The first-order valence-corrected chi connectivity index (χ1v) is 11.1. The maximum Gasteiger partial charge on any atom is 0.323 e. The molecule has 0 unspecified atom stereocenters. The zero-order valence-corrected chi connectivity index (χ0v) is 19.1. The lowest BCUT2D eigenvalue weighted by Gasteiger charge is -2.29. The van der Waals surface area contributed by atoms with Gasteiger partial charge < -0.3 is 19.6 Å². The fraction of sp³-hybridized carbons (Fsp3) is 0.227. The monoisotopic (exact) mass is 486 g/mol. The van der Waals surface area contributed by atoms with Crippen molar-refractivity contribution in [2.75, 3.05) is 31.2 Å². The Balaban J connectivity index is 1.59. The van der Waals surface area contributed by atoms with Crippen molar-refractivity contribution in [1.82, 2.24) is 19.7 Å². The molecular weight excluding hydrogens is 467 g/mol. The fourth-order valence-electron chi connectivity index (χ4n) is 3.89. The number of morpholine rings is 1. The van der Waals surface area contributed by atoms with Crippen LogP contribution in [0.4, 0.5) is 11.4 Å². The summed E-state index contributed by atoms with van der Waals surface area (Å²) in [6, 6.07) is 8.60. The number of nitrogens with zero attached hydrogens (tertiary/aromatic N) is 3. The number of ether oxygens (including phenoxy) is 1. The van der Waals surface area contributed by atoms with Crippen molar-refractivity contribution in [3.05, 3.63) is 72.5 Å². The van der Waals surface area contributed by atoms with Gasteiger partial charge in [0.2, 0.25) is 0 Å². The standard InChI is InChI=1S/C22H20Cl2N6O3/c1-12-14(21(31)30(28-12)19-8-13(23)2-3-15(19)24)11-25-18-9-16-17(27-22(32)26-16)10-20(18)29-4-6-33-7-5-29/h2-3,8-11,28H,4-7H2,1H3,(H2,26,27,32). The Hall–Kier alpha value is -3.27. The van der Waals surface area contributed by atoms with Gasteiger partial charge in [0.1, 0.15) is 0 Å². The smallest absolute Gasteiger partial charge is 0.323 e. The molecule has 1 aliphatic rings.